The number of aliphatic hydroxyl groups excluding tert-OH is 5. The number of hydrogen-bond donors (Lipinski definition) is 7. The van der Waals surface area contributed by atoms with Gasteiger partial charge in [-0.15, -0.1) is 0 Å². The third-order valence-electron chi connectivity index (χ3n) is 6.39. The van der Waals surface area contributed by atoms with E-state index >= 15 is 0 Å². The van der Waals surface area contributed by atoms with Gasteiger partial charge in [0.15, 0.2) is 6.10 Å². The van der Waals surface area contributed by atoms with E-state index in [1.165, 1.54) is 77.0 Å². The topological polar surface area (TPSA) is 152 Å². The molecule has 0 aliphatic rings. The maximum absolute atomic E-state index is 11.8. The Balaban J connectivity index is 3.35. The number of nitrogens with one attached hydrogen (secondary N) is 2. The van der Waals surface area contributed by atoms with E-state index in [2.05, 4.69) is 17.6 Å². The Hall–Kier alpha value is -0.810. The summed E-state index contributed by atoms with van der Waals surface area (Å²) in [6.07, 6.45) is 11.8. The minimum atomic E-state index is -1.89. The average molecular weight is 521 g/mol. The highest BCUT2D eigenvalue weighted by molar-refractivity contribution is 5.81. The molecule has 0 aromatic heterocycles. The van der Waals surface area contributed by atoms with Crippen molar-refractivity contribution in [2.45, 2.75) is 128 Å². The van der Waals surface area contributed by atoms with Crippen molar-refractivity contribution < 1.29 is 35.1 Å². The quantitative estimate of drug-likeness (QED) is 0.0813. The second kappa shape index (κ2) is 25.8. The van der Waals surface area contributed by atoms with Crippen LogP contribution in [0.25, 0.3) is 0 Å². The molecule has 0 aromatic carbocycles. The van der Waals surface area contributed by atoms with Crippen LogP contribution in [0.4, 0.5) is 0 Å². The highest BCUT2D eigenvalue weighted by Crippen LogP contribution is 2.12. The fourth-order valence-corrected chi connectivity index (χ4v) is 3.96. The Bertz CT molecular complexity index is 485. The molecule has 0 fully saturated rings. The van der Waals surface area contributed by atoms with E-state index in [0.29, 0.717) is 19.5 Å². The molecule has 4 atom stereocenters. The highest BCUT2D eigenvalue weighted by atomic mass is 16.5. The third kappa shape index (κ3) is 20.3. The van der Waals surface area contributed by atoms with E-state index in [-0.39, 0.29) is 0 Å². The molecule has 9 nitrogen and oxygen atoms in total. The number of amides is 1. The molecule has 7 N–H and O–H groups in total. The summed E-state index contributed by atoms with van der Waals surface area (Å²) in [5.41, 5.74) is 0. The molecule has 0 unspecified atom stereocenters. The first-order valence-corrected chi connectivity index (χ1v) is 14.3. The SMILES string of the molecule is CCCCCCCCCCCCCCCOCCCNCCCNC(=O)[C@H](O)[C@@H](O)[C@H](O)[C@H](O)CO. The lowest BCUT2D eigenvalue weighted by Crippen LogP contribution is -2.51. The number of ether oxygens (including phenoxy) is 1. The van der Waals surface area contributed by atoms with E-state index < -0.39 is 36.9 Å². The zero-order valence-electron chi connectivity index (χ0n) is 22.7. The van der Waals surface area contributed by atoms with Gasteiger partial charge in [0, 0.05) is 19.8 Å². The highest BCUT2D eigenvalue weighted by Gasteiger charge is 2.33. The summed E-state index contributed by atoms with van der Waals surface area (Å²) in [6.45, 7) is 4.82. The van der Waals surface area contributed by atoms with Crippen molar-refractivity contribution in [2.24, 2.45) is 0 Å². The van der Waals surface area contributed by atoms with Crippen LogP contribution in [0.1, 0.15) is 103 Å². The molecular weight excluding hydrogens is 464 g/mol. The normalized spacial score (nSPS) is 14.9. The minimum absolute atomic E-state index is 0.295. The van der Waals surface area contributed by atoms with Crippen LogP contribution in [0, 0.1) is 0 Å². The number of aliphatic hydroxyl groups is 5. The summed E-state index contributed by atoms with van der Waals surface area (Å²) in [5, 5.41) is 52.7. The lowest BCUT2D eigenvalue weighted by molar-refractivity contribution is -0.148. The van der Waals surface area contributed by atoms with Crippen LogP contribution >= 0.6 is 0 Å². The molecule has 1 amide bonds. The van der Waals surface area contributed by atoms with Crippen molar-refractivity contribution in [3.8, 4) is 0 Å². The van der Waals surface area contributed by atoms with Crippen LogP contribution in [0.3, 0.4) is 0 Å². The Labute approximate surface area is 219 Å². The summed E-state index contributed by atoms with van der Waals surface area (Å²) in [6, 6.07) is 0. The van der Waals surface area contributed by atoms with Gasteiger partial charge in [0.1, 0.15) is 18.3 Å². The fraction of sp³-hybridized carbons (Fsp3) is 0.963. The zero-order valence-corrected chi connectivity index (χ0v) is 22.7. The molecule has 216 valence electrons. The maximum atomic E-state index is 11.8. The van der Waals surface area contributed by atoms with Crippen LogP contribution in [0.2, 0.25) is 0 Å². The third-order valence-corrected chi connectivity index (χ3v) is 6.39. The summed E-state index contributed by atoms with van der Waals surface area (Å²) >= 11 is 0. The van der Waals surface area contributed by atoms with Crippen LogP contribution < -0.4 is 10.6 Å². The van der Waals surface area contributed by atoms with Gasteiger partial charge >= 0.3 is 0 Å². The summed E-state index contributed by atoms with van der Waals surface area (Å²) in [5.74, 6) is -0.840. The van der Waals surface area contributed by atoms with Gasteiger partial charge in [-0.1, -0.05) is 84.0 Å². The first-order chi connectivity index (χ1) is 17.5. The van der Waals surface area contributed by atoms with E-state index in [1.54, 1.807) is 0 Å². The van der Waals surface area contributed by atoms with Crippen molar-refractivity contribution in [1.29, 1.82) is 0 Å². The summed E-state index contributed by atoms with van der Waals surface area (Å²) < 4.78 is 5.68. The van der Waals surface area contributed by atoms with Gasteiger partial charge in [-0.3, -0.25) is 4.79 Å². The van der Waals surface area contributed by atoms with Crippen molar-refractivity contribution in [3.05, 3.63) is 0 Å². The van der Waals surface area contributed by atoms with Gasteiger partial charge in [-0.2, -0.15) is 0 Å². The number of hydrogen-bond acceptors (Lipinski definition) is 8. The molecule has 0 aliphatic carbocycles. The van der Waals surface area contributed by atoms with Crippen molar-refractivity contribution in [3.63, 3.8) is 0 Å². The first-order valence-electron chi connectivity index (χ1n) is 14.3. The van der Waals surface area contributed by atoms with E-state index in [1.807, 2.05) is 0 Å². The van der Waals surface area contributed by atoms with Crippen molar-refractivity contribution in [2.75, 3.05) is 39.5 Å². The molecule has 0 rings (SSSR count). The molecule has 0 heterocycles. The van der Waals surface area contributed by atoms with Gasteiger partial charge in [-0.25, -0.2) is 0 Å². The number of carbonyl (C=O) groups is 1. The Morgan fingerprint density at radius 1 is 0.667 bits per heavy atom. The molecule has 0 saturated carbocycles. The van der Waals surface area contributed by atoms with Crippen molar-refractivity contribution >= 4 is 5.91 Å². The second-order valence-electron chi connectivity index (χ2n) is 9.78. The zero-order chi connectivity index (χ0) is 26.9. The van der Waals surface area contributed by atoms with E-state index in [4.69, 9.17) is 9.84 Å². The Kier molecular flexibility index (Phi) is 25.2. The summed E-state index contributed by atoms with van der Waals surface area (Å²) in [7, 11) is 0. The molecular formula is C27H56N2O7. The van der Waals surface area contributed by atoms with Gasteiger partial charge in [-0.05, 0) is 32.4 Å². The number of unbranched alkanes of at least 4 members (excludes halogenated alkanes) is 12. The first kappa shape index (κ1) is 35.2. The smallest absolute Gasteiger partial charge is 0.251 e. The second-order valence-corrected chi connectivity index (χ2v) is 9.78. The van der Waals surface area contributed by atoms with Gasteiger partial charge in [0.05, 0.1) is 6.61 Å². The Morgan fingerprint density at radius 3 is 1.72 bits per heavy atom. The van der Waals surface area contributed by atoms with Gasteiger partial charge in [0.2, 0.25) is 0 Å². The van der Waals surface area contributed by atoms with Crippen LogP contribution in [0.5, 0.6) is 0 Å². The molecule has 0 aromatic rings. The standard InChI is InChI=1S/C27H56N2O7/c1-2-3-4-5-6-7-8-9-10-11-12-13-14-20-36-21-16-18-28-17-15-19-29-27(35)26(34)25(33)24(32)23(31)22-30/h23-26,28,30-34H,2-22H2,1H3,(H,29,35)/t23-,24-,25+,26-/m1/s1. The predicted octanol–water partition coefficient (Wildman–Crippen LogP) is 2.02. The minimum Gasteiger partial charge on any atom is -0.394 e. The Morgan fingerprint density at radius 2 is 1.17 bits per heavy atom. The molecule has 0 spiro atoms. The molecule has 0 saturated heterocycles. The van der Waals surface area contributed by atoms with Crippen molar-refractivity contribution in [1.82, 2.24) is 10.6 Å². The molecule has 36 heavy (non-hydrogen) atoms. The van der Waals surface area contributed by atoms with Gasteiger partial charge < -0.3 is 40.9 Å². The molecule has 0 bridgehead atoms. The number of carbonyl (C=O) groups excluding carboxylic acids is 1. The van der Waals surface area contributed by atoms with Crippen LogP contribution in [0.15, 0.2) is 0 Å². The predicted molar refractivity (Wildman–Crippen MR) is 143 cm³/mol. The lowest BCUT2D eigenvalue weighted by atomic mass is 10.0. The summed E-state index contributed by atoms with van der Waals surface area (Å²) in [4.78, 5) is 11.8. The van der Waals surface area contributed by atoms with Gasteiger partial charge in [0.25, 0.3) is 5.91 Å². The average Bonchev–Trinajstić information content (AvgIpc) is 2.89. The molecule has 0 aliphatic heterocycles. The van der Waals surface area contributed by atoms with Crippen LogP contribution in [-0.2, 0) is 9.53 Å². The lowest BCUT2D eigenvalue weighted by Gasteiger charge is -2.24. The van der Waals surface area contributed by atoms with E-state index in [0.717, 1.165) is 32.6 Å². The van der Waals surface area contributed by atoms with Crippen LogP contribution in [-0.4, -0.2) is 95.3 Å². The number of rotatable bonds is 27. The molecule has 9 heteroatoms. The largest absolute Gasteiger partial charge is 0.394 e. The fourth-order valence-electron chi connectivity index (χ4n) is 3.96. The maximum Gasteiger partial charge on any atom is 0.251 e. The molecule has 0 radical (unpaired) electrons. The van der Waals surface area contributed by atoms with E-state index in [9.17, 15) is 25.2 Å². The monoisotopic (exact) mass is 520 g/mol.